The van der Waals surface area contributed by atoms with Crippen LogP contribution >= 0.6 is 47.0 Å². The smallest absolute Gasteiger partial charge is 0.127 e. The molecule has 100 valence electrons. The van der Waals surface area contributed by atoms with E-state index in [0.29, 0.717) is 11.3 Å². The van der Waals surface area contributed by atoms with Crippen molar-refractivity contribution < 1.29 is 0 Å². The van der Waals surface area contributed by atoms with E-state index in [4.69, 9.17) is 0 Å². The van der Waals surface area contributed by atoms with Crippen LogP contribution in [0.3, 0.4) is 0 Å². The molecule has 0 aromatic carbocycles. The van der Waals surface area contributed by atoms with Gasteiger partial charge in [-0.05, 0) is 28.9 Å². The summed E-state index contributed by atoms with van der Waals surface area (Å²) in [6, 6.07) is 0. The number of rotatable bonds is 2. The minimum Gasteiger partial charge on any atom is -0.134 e. The maximum atomic E-state index is 2.58. The quantitative estimate of drug-likeness (QED) is 0.651. The molecule has 2 bridgehead atoms. The summed E-state index contributed by atoms with van der Waals surface area (Å²) in [5.74, 6) is 0.680. The lowest BCUT2D eigenvalue weighted by Crippen LogP contribution is -2.24. The fourth-order valence-electron chi connectivity index (χ4n) is 3.02. The highest BCUT2D eigenvalue weighted by molar-refractivity contribution is 8.36. The zero-order valence-electron chi connectivity index (χ0n) is 11.5. The van der Waals surface area contributed by atoms with Crippen LogP contribution in [-0.2, 0) is 0 Å². The van der Waals surface area contributed by atoms with Gasteiger partial charge in [-0.3, -0.25) is 0 Å². The van der Waals surface area contributed by atoms with Gasteiger partial charge in [0, 0.05) is 16.4 Å². The van der Waals surface area contributed by atoms with Gasteiger partial charge in [0.2, 0.25) is 0 Å². The Hall–Kier alpha value is 0.880. The summed E-state index contributed by atoms with van der Waals surface area (Å²) in [7, 11) is 0. The van der Waals surface area contributed by atoms with Gasteiger partial charge in [-0.15, -0.1) is 47.0 Å². The third-order valence-corrected chi connectivity index (χ3v) is 10.4. The minimum atomic E-state index is 0.287. The van der Waals surface area contributed by atoms with Crippen LogP contribution in [0, 0.1) is 11.3 Å². The second-order valence-electron chi connectivity index (χ2n) is 6.08. The van der Waals surface area contributed by atoms with E-state index in [0.717, 1.165) is 10.5 Å². The molecule has 0 nitrogen and oxygen atoms in total. The molecule has 0 N–H and O–H groups in total. The Labute approximate surface area is 128 Å². The maximum Gasteiger partial charge on any atom is 0.127 e. The molecule has 2 heterocycles. The van der Waals surface area contributed by atoms with Gasteiger partial charge in [0.1, 0.15) is 3.41 Å². The molecule has 1 fully saturated rings. The van der Waals surface area contributed by atoms with Gasteiger partial charge in [0.15, 0.2) is 0 Å². The van der Waals surface area contributed by atoms with Crippen LogP contribution in [0.4, 0.5) is 0 Å². The average Bonchev–Trinajstić information content (AvgIpc) is 2.78. The Morgan fingerprint density at radius 1 is 1.22 bits per heavy atom. The van der Waals surface area contributed by atoms with E-state index in [1.54, 1.807) is 10.5 Å². The summed E-state index contributed by atoms with van der Waals surface area (Å²) < 4.78 is 0.287. The molecule has 4 heteroatoms. The van der Waals surface area contributed by atoms with Crippen LogP contribution in [0.15, 0.2) is 22.6 Å². The third kappa shape index (κ3) is 1.94. The van der Waals surface area contributed by atoms with Crippen LogP contribution in [0.5, 0.6) is 0 Å². The van der Waals surface area contributed by atoms with Crippen LogP contribution in [0.1, 0.15) is 20.8 Å². The molecule has 2 aliphatic heterocycles. The molecule has 1 aliphatic carbocycles. The standard InChI is InChI=1S/C14H20S4/c1-13(2,3)9-6-8-10(15-4)7-14(16-5)17-11(8)12(9)18-14/h6-8,11-12H,1-5H3/t8-,11-,12+,14+/m0/s1. The molecule has 1 saturated heterocycles. The van der Waals surface area contributed by atoms with Crippen molar-refractivity contribution in [2.45, 2.75) is 34.7 Å². The normalized spacial score (nSPS) is 41.9. The van der Waals surface area contributed by atoms with Gasteiger partial charge >= 0.3 is 0 Å². The van der Waals surface area contributed by atoms with Gasteiger partial charge in [-0.25, -0.2) is 0 Å². The minimum absolute atomic E-state index is 0.287. The molecule has 18 heavy (non-hydrogen) atoms. The molecule has 3 rings (SSSR count). The summed E-state index contributed by atoms with van der Waals surface area (Å²) in [6.07, 6.45) is 9.62. The van der Waals surface area contributed by atoms with E-state index in [-0.39, 0.29) is 3.41 Å². The topological polar surface area (TPSA) is 0 Å². The van der Waals surface area contributed by atoms with E-state index >= 15 is 0 Å². The Bertz CT molecular complexity index is 432. The molecule has 0 aromatic rings. The van der Waals surface area contributed by atoms with E-state index in [1.165, 1.54) is 0 Å². The first-order chi connectivity index (χ1) is 8.40. The highest BCUT2D eigenvalue weighted by atomic mass is 32.3. The van der Waals surface area contributed by atoms with Crippen LogP contribution < -0.4 is 0 Å². The molecule has 0 saturated carbocycles. The SMILES string of the molecule is CSC1=C[C@@]2(SC)S[C@@H]3[C@H](S2)C(C(C)(C)C)=C[C@@H]13. The Balaban J connectivity index is 2.05. The maximum absolute atomic E-state index is 2.58. The number of hydrogen-bond acceptors (Lipinski definition) is 4. The predicted octanol–water partition coefficient (Wildman–Crippen LogP) is 5.08. The van der Waals surface area contributed by atoms with Gasteiger partial charge in [0.05, 0.1) is 0 Å². The zero-order valence-corrected chi connectivity index (χ0v) is 14.8. The number of thioether (sulfide) groups is 4. The molecule has 4 atom stereocenters. The highest BCUT2D eigenvalue weighted by Crippen LogP contribution is 2.70. The predicted molar refractivity (Wildman–Crippen MR) is 91.6 cm³/mol. The average molecular weight is 317 g/mol. The lowest BCUT2D eigenvalue weighted by Gasteiger charge is -2.31. The van der Waals surface area contributed by atoms with E-state index in [2.05, 4.69) is 69.0 Å². The fraction of sp³-hybridized carbons (Fsp3) is 0.714. The lowest BCUT2D eigenvalue weighted by molar-refractivity contribution is 0.494. The van der Waals surface area contributed by atoms with Crippen molar-refractivity contribution >= 4 is 47.0 Å². The third-order valence-electron chi connectivity index (χ3n) is 3.94. The highest BCUT2D eigenvalue weighted by Gasteiger charge is 2.57. The molecular weight excluding hydrogens is 296 g/mol. The first-order valence-electron chi connectivity index (χ1n) is 6.30. The van der Waals surface area contributed by atoms with E-state index in [9.17, 15) is 0 Å². The van der Waals surface area contributed by atoms with Gasteiger partial charge in [-0.1, -0.05) is 32.4 Å². The first-order valence-corrected chi connectivity index (χ1v) is 10.5. The van der Waals surface area contributed by atoms with E-state index in [1.807, 2.05) is 23.5 Å². The van der Waals surface area contributed by atoms with Gasteiger partial charge in [0.25, 0.3) is 0 Å². The van der Waals surface area contributed by atoms with E-state index < -0.39 is 0 Å². The largest absolute Gasteiger partial charge is 0.134 e. The van der Waals surface area contributed by atoms with Crippen molar-refractivity contribution in [3.63, 3.8) is 0 Å². The number of hydrogen-bond donors (Lipinski definition) is 0. The molecule has 0 unspecified atom stereocenters. The van der Waals surface area contributed by atoms with Gasteiger partial charge in [-0.2, -0.15) is 0 Å². The monoisotopic (exact) mass is 316 g/mol. The van der Waals surface area contributed by atoms with Crippen molar-refractivity contribution in [2.75, 3.05) is 12.5 Å². The molecule has 0 spiro atoms. The Morgan fingerprint density at radius 3 is 2.50 bits per heavy atom. The summed E-state index contributed by atoms with van der Waals surface area (Å²) in [5.41, 5.74) is 2.01. The van der Waals surface area contributed by atoms with Crippen molar-refractivity contribution in [1.29, 1.82) is 0 Å². The summed E-state index contributed by atoms with van der Waals surface area (Å²) in [5, 5.41) is 1.51. The fourth-order valence-corrected chi connectivity index (χ4v) is 9.60. The molecule has 0 amide bonds. The second kappa shape index (κ2) is 4.44. The molecule has 0 aromatic heterocycles. The summed E-state index contributed by atoms with van der Waals surface area (Å²) in [4.78, 5) is 1.60. The van der Waals surface area contributed by atoms with Crippen molar-refractivity contribution in [3.8, 4) is 0 Å². The van der Waals surface area contributed by atoms with Crippen molar-refractivity contribution in [2.24, 2.45) is 11.3 Å². The van der Waals surface area contributed by atoms with Gasteiger partial charge < -0.3 is 0 Å². The van der Waals surface area contributed by atoms with Crippen LogP contribution in [0.2, 0.25) is 0 Å². The number of fused-ring (bicyclic) bond motifs is 1. The molecule has 0 radical (unpaired) electrons. The first kappa shape index (κ1) is 13.8. The van der Waals surface area contributed by atoms with Crippen LogP contribution in [0.25, 0.3) is 0 Å². The Kier molecular flexibility index (Phi) is 3.41. The van der Waals surface area contributed by atoms with Crippen molar-refractivity contribution in [1.82, 2.24) is 0 Å². The number of allylic oxidation sites excluding steroid dienone is 2. The molecule has 3 aliphatic rings. The van der Waals surface area contributed by atoms with Crippen LogP contribution in [-0.4, -0.2) is 26.4 Å². The van der Waals surface area contributed by atoms with Crippen molar-refractivity contribution in [3.05, 3.63) is 22.6 Å². The Morgan fingerprint density at radius 2 is 1.94 bits per heavy atom. The zero-order chi connectivity index (χ0) is 13.1. The summed E-state index contributed by atoms with van der Waals surface area (Å²) in [6.45, 7) is 7.10. The summed E-state index contributed by atoms with van der Waals surface area (Å²) >= 11 is 8.36. The second-order valence-corrected chi connectivity index (χ2v) is 11.6. The molecular formula is C14H20S4. The lowest BCUT2D eigenvalue weighted by atomic mass is 9.86.